The second-order valence-corrected chi connectivity index (χ2v) is 5.83. The Morgan fingerprint density at radius 2 is 1.65 bits per heavy atom. The molecule has 0 fully saturated rings. The van der Waals surface area contributed by atoms with Gasteiger partial charge in [-0.2, -0.15) is 0 Å². The molecule has 26 heavy (non-hydrogen) atoms. The maximum atomic E-state index is 10.7. The van der Waals surface area contributed by atoms with Crippen molar-refractivity contribution in [2.75, 3.05) is 0 Å². The van der Waals surface area contributed by atoms with Crippen molar-refractivity contribution in [1.82, 2.24) is 0 Å². The summed E-state index contributed by atoms with van der Waals surface area (Å²) >= 11 is 0. The zero-order valence-corrected chi connectivity index (χ0v) is 15.3. The van der Waals surface area contributed by atoms with Gasteiger partial charge in [-0.3, -0.25) is 10.1 Å². The van der Waals surface area contributed by atoms with E-state index in [0.29, 0.717) is 6.54 Å². The molecule has 6 heteroatoms. The summed E-state index contributed by atoms with van der Waals surface area (Å²) in [5, 5.41) is 11.8. The summed E-state index contributed by atoms with van der Waals surface area (Å²) in [4.78, 5) is 10.3. The molecule has 0 aliphatic rings. The van der Waals surface area contributed by atoms with E-state index in [9.17, 15) is 10.1 Å². The van der Waals surface area contributed by atoms with Crippen molar-refractivity contribution in [3.05, 3.63) is 94.8 Å². The molecule has 2 aromatic heterocycles. The van der Waals surface area contributed by atoms with Crippen molar-refractivity contribution in [2.45, 2.75) is 6.54 Å². The van der Waals surface area contributed by atoms with Gasteiger partial charge in [0.1, 0.15) is 11.3 Å². The van der Waals surface area contributed by atoms with E-state index in [-0.39, 0.29) is 27.6 Å². The van der Waals surface area contributed by atoms with E-state index in [1.807, 2.05) is 59.4 Å². The smallest absolute Gasteiger partial charge is 0.269 e. The fourth-order valence-electron chi connectivity index (χ4n) is 2.79. The van der Waals surface area contributed by atoms with Crippen LogP contribution >= 0.6 is 0 Å². The summed E-state index contributed by atoms with van der Waals surface area (Å²) in [5.74, 6) is 0.837. The van der Waals surface area contributed by atoms with Gasteiger partial charge in [0.05, 0.1) is 4.92 Å². The van der Waals surface area contributed by atoms with Crippen LogP contribution in [-0.2, 0) is 6.54 Å². The normalized spacial score (nSPS) is 10.5. The number of furan rings is 1. The number of fused-ring (bicyclic) bond motifs is 1. The molecule has 4 rings (SSSR count). The Hall–Kier alpha value is -2.99. The van der Waals surface area contributed by atoms with Gasteiger partial charge in [-0.1, -0.05) is 18.2 Å². The lowest BCUT2D eigenvalue weighted by Crippen LogP contribution is -3.00. The molecule has 0 aliphatic heterocycles. The SMILES string of the molecule is O=[N+]([O-])c1ccc(C[n+]2ccc(-c3cc4ccccc4o3)cc2)cc1.[Br-]. The highest BCUT2D eigenvalue weighted by Crippen LogP contribution is 2.26. The third kappa shape index (κ3) is 3.65. The van der Waals surface area contributed by atoms with E-state index in [1.54, 1.807) is 12.1 Å². The first-order valence-electron chi connectivity index (χ1n) is 7.90. The van der Waals surface area contributed by atoms with Crippen LogP contribution in [0.5, 0.6) is 0 Å². The van der Waals surface area contributed by atoms with Gasteiger partial charge in [0, 0.05) is 40.8 Å². The van der Waals surface area contributed by atoms with Crippen molar-refractivity contribution in [1.29, 1.82) is 0 Å². The minimum atomic E-state index is -0.390. The average Bonchev–Trinajstić information content (AvgIpc) is 3.07. The Kier molecular flexibility index (Phi) is 5.14. The van der Waals surface area contributed by atoms with Gasteiger partial charge >= 0.3 is 0 Å². The van der Waals surface area contributed by atoms with Crippen molar-refractivity contribution in [3.63, 3.8) is 0 Å². The first-order chi connectivity index (χ1) is 12.2. The van der Waals surface area contributed by atoms with Crippen LogP contribution in [-0.4, -0.2) is 4.92 Å². The highest BCUT2D eigenvalue weighted by molar-refractivity contribution is 5.82. The Balaban J connectivity index is 0.00000196. The Morgan fingerprint density at radius 1 is 0.962 bits per heavy atom. The van der Waals surface area contributed by atoms with Crippen LogP contribution in [0.3, 0.4) is 0 Å². The van der Waals surface area contributed by atoms with Gasteiger partial charge < -0.3 is 21.4 Å². The molecular formula is C20H15BrN2O3. The highest BCUT2D eigenvalue weighted by Gasteiger charge is 2.10. The second-order valence-electron chi connectivity index (χ2n) is 5.83. The number of pyridine rings is 1. The Morgan fingerprint density at radius 3 is 2.31 bits per heavy atom. The van der Waals surface area contributed by atoms with Gasteiger partial charge in [-0.25, -0.2) is 4.57 Å². The van der Waals surface area contributed by atoms with Crippen LogP contribution in [0.15, 0.2) is 83.5 Å². The number of nitro groups is 1. The predicted molar refractivity (Wildman–Crippen MR) is 94.0 cm³/mol. The van der Waals surface area contributed by atoms with Gasteiger partial charge in [0.15, 0.2) is 18.9 Å². The Labute approximate surface area is 160 Å². The largest absolute Gasteiger partial charge is 1.00 e. The number of hydrogen-bond acceptors (Lipinski definition) is 3. The zero-order chi connectivity index (χ0) is 17.2. The molecule has 0 unspecified atom stereocenters. The van der Waals surface area contributed by atoms with Crippen molar-refractivity contribution in [3.8, 4) is 11.3 Å². The molecule has 130 valence electrons. The monoisotopic (exact) mass is 410 g/mol. The summed E-state index contributed by atoms with van der Waals surface area (Å²) in [5.41, 5.74) is 3.00. The van der Waals surface area contributed by atoms with Gasteiger partial charge in [-0.05, 0) is 24.3 Å². The zero-order valence-electron chi connectivity index (χ0n) is 13.7. The Bertz CT molecular complexity index is 1010. The van der Waals surface area contributed by atoms with Crippen LogP contribution in [0, 0.1) is 10.1 Å². The molecule has 0 aliphatic carbocycles. The predicted octanol–water partition coefficient (Wildman–Crippen LogP) is 1.35. The fraction of sp³-hybridized carbons (Fsp3) is 0.0500. The van der Waals surface area contributed by atoms with Crippen LogP contribution in [0.2, 0.25) is 0 Å². The third-order valence-electron chi connectivity index (χ3n) is 4.11. The number of benzene rings is 2. The minimum Gasteiger partial charge on any atom is -1.00 e. The molecule has 2 heterocycles. The topological polar surface area (TPSA) is 60.2 Å². The number of nitrogens with zero attached hydrogens (tertiary/aromatic N) is 2. The van der Waals surface area contributed by atoms with E-state index in [2.05, 4.69) is 0 Å². The van der Waals surface area contributed by atoms with Crippen molar-refractivity contribution < 1.29 is 30.9 Å². The molecule has 0 N–H and O–H groups in total. The fourth-order valence-corrected chi connectivity index (χ4v) is 2.79. The van der Waals surface area contributed by atoms with Crippen molar-refractivity contribution in [2.24, 2.45) is 0 Å². The quantitative estimate of drug-likeness (QED) is 0.290. The van der Waals surface area contributed by atoms with Crippen LogP contribution in [0.4, 0.5) is 5.69 Å². The van der Waals surface area contributed by atoms with E-state index in [4.69, 9.17) is 4.42 Å². The molecule has 0 amide bonds. The molecular weight excluding hydrogens is 396 g/mol. The van der Waals surface area contributed by atoms with E-state index < -0.39 is 0 Å². The number of para-hydroxylation sites is 1. The standard InChI is InChI=1S/C20H15N2O3.BrH/c23-22(24)18-7-5-15(6-8-18)14-21-11-9-16(10-12-21)20-13-17-3-1-2-4-19(17)25-20;/h1-13H,14H2;1H/q+1;/p-1. The molecule has 0 radical (unpaired) electrons. The third-order valence-corrected chi connectivity index (χ3v) is 4.11. The number of non-ortho nitro benzene ring substituents is 1. The lowest BCUT2D eigenvalue weighted by Gasteiger charge is -1.99. The first-order valence-corrected chi connectivity index (χ1v) is 7.90. The van der Waals surface area contributed by atoms with Crippen molar-refractivity contribution >= 4 is 16.7 Å². The lowest BCUT2D eigenvalue weighted by molar-refractivity contribution is -0.688. The minimum absolute atomic E-state index is 0. The number of nitro benzene ring substituents is 1. The summed E-state index contributed by atoms with van der Waals surface area (Å²) in [6.07, 6.45) is 3.95. The molecule has 0 saturated carbocycles. The molecule has 0 saturated heterocycles. The van der Waals surface area contributed by atoms with Gasteiger partial charge in [0.2, 0.25) is 0 Å². The second kappa shape index (κ2) is 7.49. The number of rotatable bonds is 4. The van der Waals surface area contributed by atoms with E-state index in [1.165, 1.54) is 12.1 Å². The number of halogens is 1. The van der Waals surface area contributed by atoms with Gasteiger partial charge in [-0.15, -0.1) is 0 Å². The van der Waals surface area contributed by atoms with Crippen LogP contribution < -0.4 is 21.5 Å². The average molecular weight is 411 g/mol. The maximum absolute atomic E-state index is 10.7. The molecule has 2 aromatic carbocycles. The summed E-state index contributed by atoms with van der Waals surface area (Å²) in [7, 11) is 0. The molecule has 0 atom stereocenters. The highest BCUT2D eigenvalue weighted by atomic mass is 79.9. The maximum Gasteiger partial charge on any atom is 0.269 e. The number of aromatic nitrogens is 1. The molecule has 0 spiro atoms. The summed E-state index contributed by atoms with van der Waals surface area (Å²) in [6, 6.07) is 20.6. The van der Waals surface area contributed by atoms with E-state index >= 15 is 0 Å². The summed E-state index contributed by atoms with van der Waals surface area (Å²) in [6.45, 7) is 0.651. The van der Waals surface area contributed by atoms with Gasteiger partial charge in [0.25, 0.3) is 5.69 Å². The molecule has 4 aromatic rings. The molecule has 0 bridgehead atoms. The lowest BCUT2D eigenvalue weighted by atomic mass is 10.2. The first kappa shape index (κ1) is 17.8. The van der Waals surface area contributed by atoms with E-state index in [0.717, 1.165) is 27.9 Å². The van der Waals surface area contributed by atoms with Crippen LogP contribution in [0.25, 0.3) is 22.3 Å². The molecule has 5 nitrogen and oxygen atoms in total. The van der Waals surface area contributed by atoms with Crippen LogP contribution in [0.1, 0.15) is 5.56 Å². The number of hydrogen-bond donors (Lipinski definition) is 0. The summed E-state index contributed by atoms with van der Waals surface area (Å²) < 4.78 is 7.90.